The first-order valence-electron chi connectivity index (χ1n) is 8.40. The third-order valence-electron chi connectivity index (χ3n) is 4.59. The van der Waals surface area contributed by atoms with Gasteiger partial charge in [-0.25, -0.2) is 0 Å². The van der Waals surface area contributed by atoms with Gasteiger partial charge in [0.25, 0.3) is 0 Å². The van der Waals surface area contributed by atoms with Crippen molar-refractivity contribution < 1.29 is 5.11 Å². The van der Waals surface area contributed by atoms with Crippen LogP contribution >= 0.6 is 0 Å². The van der Waals surface area contributed by atoms with Crippen LogP contribution < -0.4 is 4.90 Å². The monoisotopic (exact) mass is 322 g/mol. The molecule has 0 aliphatic carbocycles. The number of anilines is 1. The van der Waals surface area contributed by atoms with Crippen LogP contribution in [0.2, 0.25) is 0 Å². The molecule has 1 aliphatic heterocycles. The summed E-state index contributed by atoms with van der Waals surface area (Å²) in [6, 6.07) is 14.5. The predicted molar refractivity (Wildman–Crippen MR) is 96.0 cm³/mol. The first-order chi connectivity index (χ1) is 11.8. The Bertz CT molecular complexity index is 768. The van der Waals surface area contributed by atoms with Gasteiger partial charge >= 0.3 is 0 Å². The minimum absolute atomic E-state index is 0.356. The van der Waals surface area contributed by atoms with Gasteiger partial charge in [0.1, 0.15) is 0 Å². The number of hydrogen-bond donors (Lipinski definition) is 2. The van der Waals surface area contributed by atoms with Crippen molar-refractivity contribution in [1.82, 2.24) is 14.9 Å². The van der Waals surface area contributed by atoms with Crippen molar-refractivity contribution in [2.45, 2.75) is 12.6 Å². The molecule has 24 heavy (non-hydrogen) atoms. The fraction of sp³-hybridized carbons (Fsp3) is 0.316. The van der Waals surface area contributed by atoms with Crippen molar-refractivity contribution in [2.24, 2.45) is 0 Å². The van der Waals surface area contributed by atoms with Gasteiger partial charge in [-0.15, -0.1) is 0 Å². The van der Waals surface area contributed by atoms with Crippen LogP contribution in [0, 0.1) is 0 Å². The minimum Gasteiger partial charge on any atom is -0.390 e. The number of aliphatic hydroxyl groups excluding tert-OH is 1. The van der Waals surface area contributed by atoms with Gasteiger partial charge in [-0.2, -0.15) is 0 Å². The molecule has 3 aromatic rings. The maximum atomic E-state index is 10.4. The van der Waals surface area contributed by atoms with Crippen molar-refractivity contribution >= 4 is 16.6 Å². The number of nitrogens with one attached hydrogen (secondary N) is 1. The number of aromatic amines is 1. The lowest BCUT2D eigenvalue weighted by Gasteiger charge is -2.23. The van der Waals surface area contributed by atoms with Crippen LogP contribution in [-0.4, -0.2) is 52.3 Å². The highest BCUT2D eigenvalue weighted by atomic mass is 16.3. The molecule has 2 aromatic heterocycles. The van der Waals surface area contributed by atoms with Crippen LogP contribution in [0.5, 0.6) is 0 Å². The van der Waals surface area contributed by atoms with Crippen LogP contribution in [0.4, 0.5) is 5.69 Å². The lowest BCUT2D eigenvalue weighted by atomic mass is 10.2. The van der Waals surface area contributed by atoms with Gasteiger partial charge in [0.15, 0.2) is 0 Å². The number of rotatable bonds is 3. The topological polar surface area (TPSA) is 55.4 Å². The number of nitrogens with zero attached hydrogens (tertiary/aromatic N) is 3. The Morgan fingerprint density at radius 1 is 1.08 bits per heavy atom. The maximum Gasteiger partial charge on any atom is 0.0841 e. The van der Waals surface area contributed by atoms with E-state index >= 15 is 0 Å². The minimum atomic E-state index is -0.356. The second-order valence-corrected chi connectivity index (χ2v) is 6.42. The summed E-state index contributed by atoms with van der Waals surface area (Å²) in [4.78, 5) is 12.1. The maximum absolute atomic E-state index is 10.4. The molecule has 0 bridgehead atoms. The Balaban J connectivity index is 1.46. The number of pyridine rings is 1. The van der Waals surface area contributed by atoms with E-state index in [0.717, 1.165) is 25.3 Å². The van der Waals surface area contributed by atoms with Gasteiger partial charge in [-0.3, -0.25) is 9.88 Å². The third-order valence-corrected chi connectivity index (χ3v) is 4.59. The second kappa shape index (κ2) is 6.63. The van der Waals surface area contributed by atoms with Crippen molar-refractivity contribution in [3.05, 3.63) is 60.6 Å². The standard InChI is InChI=1S/C19H22N4O/c24-18-13-22(9-10-23(14-18)17-5-7-20-8-6-17)12-16-11-15-3-1-2-4-19(15)21-16/h1-8,11,18,21,24H,9-10,12-14H2. The Labute approximate surface area is 141 Å². The van der Waals surface area contributed by atoms with E-state index in [0.29, 0.717) is 13.1 Å². The molecule has 1 aliphatic rings. The molecule has 2 N–H and O–H groups in total. The van der Waals surface area contributed by atoms with Crippen LogP contribution in [-0.2, 0) is 6.54 Å². The van der Waals surface area contributed by atoms with E-state index in [2.05, 4.69) is 44.0 Å². The molecule has 1 saturated heterocycles. The zero-order valence-electron chi connectivity index (χ0n) is 13.6. The zero-order chi connectivity index (χ0) is 16.4. The van der Waals surface area contributed by atoms with Crippen molar-refractivity contribution in [1.29, 1.82) is 0 Å². The molecule has 0 spiro atoms. The molecule has 0 radical (unpaired) electrons. The summed E-state index contributed by atoms with van der Waals surface area (Å²) in [7, 11) is 0. The largest absolute Gasteiger partial charge is 0.390 e. The highest BCUT2D eigenvalue weighted by molar-refractivity contribution is 5.80. The number of H-pyrrole nitrogens is 1. The first kappa shape index (κ1) is 15.2. The SMILES string of the molecule is OC1CN(Cc2cc3ccccc3[nH]2)CCN(c2ccncc2)C1. The Morgan fingerprint density at radius 3 is 2.75 bits per heavy atom. The van der Waals surface area contributed by atoms with E-state index < -0.39 is 0 Å². The number of aliphatic hydroxyl groups is 1. The predicted octanol–water partition coefficient (Wildman–Crippen LogP) is 2.25. The Hall–Kier alpha value is -2.37. The second-order valence-electron chi connectivity index (χ2n) is 6.42. The fourth-order valence-electron chi connectivity index (χ4n) is 3.45. The molecule has 3 heterocycles. The zero-order valence-corrected chi connectivity index (χ0v) is 13.6. The van der Waals surface area contributed by atoms with E-state index in [-0.39, 0.29) is 6.10 Å². The molecular formula is C19H22N4O. The summed E-state index contributed by atoms with van der Waals surface area (Å²) in [6.45, 7) is 4.01. The summed E-state index contributed by atoms with van der Waals surface area (Å²) in [5, 5.41) is 11.6. The van der Waals surface area contributed by atoms with Gasteiger partial charge in [-0.1, -0.05) is 18.2 Å². The fourth-order valence-corrected chi connectivity index (χ4v) is 3.45. The van der Waals surface area contributed by atoms with Crippen LogP contribution in [0.3, 0.4) is 0 Å². The molecule has 0 amide bonds. The molecule has 124 valence electrons. The van der Waals surface area contributed by atoms with E-state index in [9.17, 15) is 5.11 Å². The van der Waals surface area contributed by atoms with Crippen molar-refractivity contribution in [2.75, 3.05) is 31.1 Å². The van der Waals surface area contributed by atoms with E-state index in [1.54, 1.807) is 12.4 Å². The van der Waals surface area contributed by atoms with E-state index in [4.69, 9.17) is 0 Å². The lowest BCUT2D eigenvalue weighted by molar-refractivity contribution is 0.128. The summed E-state index contributed by atoms with van der Waals surface area (Å²) in [5.74, 6) is 0. The number of β-amino-alcohol motifs (C(OH)–C–C–N with tert-alkyl or cyclic N) is 1. The average Bonchev–Trinajstić information content (AvgIpc) is 2.91. The summed E-state index contributed by atoms with van der Waals surface area (Å²) in [5.41, 5.74) is 3.48. The third kappa shape index (κ3) is 3.27. The Morgan fingerprint density at radius 2 is 1.92 bits per heavy atom. The number of aromatic nitrogens is 2. The van der Waals surface area contributed by atoms with Gasteiger partial charge in [0, 0.05) is 62.0 Å². The molecule has 1 aromatic carbocycles. The number of benzene rings is 1. The number of para-hydroxylation sites is 1. The summed E-state index contributed by atoms with van der Waals surface area (Å²) >= 11 is 0. The smallest absolute Gasteiger partial charge is 0.0841 e. The molecule has 0 saturated carbocycles. The average molecular weight is 322 g/mol. The van der Waals surface area contributed by atoms with E-state index in [1.165, 1.54) is 16.6 Å². The van der Waals surface area contributed by atoms with Gasteiger partial charge in [-0.05, 0) is 29.7 Å². The summed E-state index contributed by atoms with van der Waals surface area (Å²) in [6.07, 6.45) is 3.24. The molecular weight excluding hydrogens is 300 g/mol. The van der Waals surface area contributed by atoms with E-state index in [1.807, 2.05) is 18.2 Å². The number of hydrogen-bond acceptors (Lipinski definition) is 4. The highest BCUT2D eigenvalue weighted by Gasteiger charge is 2.21. The van der Waals surface area contributed by atoms with Gasteiger partial charge < -0.3 is 15.0 Å². The van der Waals surface area contributed by atoms with Crippen molar-refractivity contribution in [3.63, 3.8) is 0 Å². The van der Waals surface area contributed by atoms with Crippen LogP contribution in [0.15, 0.2) is 54.9 Å². The number of fused-ring (bicyclic) bond motifs is 1. The first-order valence-corrected chi connectivity index (χ1v) is 8.40. The van der Waals surface area contributed by atoms with Crippen molar-refractivity contribution in [3.8, 4) is 0 Å². The molecule has 5 nitrogen and oxygen atoms in total. The van der Waals surface area contributed by atoms with Crippen LogP contribution in [0.1, 0.15) is 5.69 Å². The molecule has 5 heteroatoms. The van der Waals surface area contributed by atoms with Crippen LogP contribution in [0.25, 0.3) is 10.9 Å². The quantitative estimate of drug-likeness (QED) is 0.776. The Kier molecular flexibility index (Phi) is 4.19. The van der Waals surface area contributed by atoms with Gasteiger partial charge in [0.05, 0.1) is 6.10 Å². The molecule has 1 fully saturated rings. The highest BCUT2D eigenvalue weighted by Crippen LogP contribution is 2.19. The van der Waals surface area contributed by atoms with Gasteiger partial charge in [0.2, 0.25) is 0 Å². The molecule has 1 atom stereocenters. The molecule has 4 rings (SSSR count). The molecule has 1 unspecified atom stereocenters. The summed E-state index contributed by atoms with van der Waals surface area (Å²) < 4.78 is 0. The lowest BCUT2D eigenvalue weighted by Crippen LogP contribution is -2.33. The normalized spacial score (nSPS) is 19.5.